The number of aliphatic hydroxyl groups is 1. The second kappa shape index (κ2) is 12.5. The maximum atomic E-state index is 13.1. The standard InChI is InChI=1S/C24H33N3O4S.ClH/c1-26(23(21-6-4-3-5-7-21)17-27-13-12-22(28)16-27)24(29)14-19-8-10-20(11-9-19)15-25-18-32(2,30)31;/h3-11,22-23,25,28H,12-18H2,1-2H3;1H. The number of nitrogens with one attached hydrogen (secondary N) is 1. The normalized spacial score (nSPS) is 17.4. The minimum Gasteiger partial charge on any atom is -0.392 e. The highest BCUT2D eigenvalue weighted by atomic mass is 35.5. The van der Waals surface area contributed by atoms with Crippen molar-refractivity contribution >= 4 is 28.2 Å². The number of rotatable bonds is 10. The second-order valence-corrected chi connectivity index (χ2v) is 10.8. The monoisotopic (exact) mass is 495 g/mol. The lowest BCUT2D eigenvalue weighted by Gasteiger charge is -2.32. The van der Waals surface area contributed by atoms with Gasteiger partial charge in [-0.15, -0.1) is 12.4 Å². The summed E-state index contributed by atoms with van der Waals surface area (Å²) < 4.78 is 22.4. The number of benzene rings is 2. The van der Waals surface area contributed by atoms with E-state index in [0.29, 0.717) is 26.1 Å². The molecule has 7 nitrogen and oxygen atoms in total. The fourth-order valence-electron chi connectivity index (χ4n) is 3.98. The maximum Gasteiger partial charge on any atom is 0.227 e. The Bertz CT molecular complexity index is 987. The average Bonchev–Trinajstić information content (AvgIpc) is 3.17. The summed E-state index contributed by atoms with van der Waals surface area (Å²) in [6.07, 6.45) is 1.96. The molecule has 1 amide bonds. The van der Waals surface area contributed by atoms with Gasteiger partial charge in [-0.3, -0.25) is 15.0 Å². The zero-order valence-corrected chi connectivity index (χ0v) is 20.8. The molecule has 1 aliphatic rings. The van der Waals surface area contributed by atoms with E-state index in [4.69, 9.17) is 0 Å². The predicted molar refractivity (Wildman–Crippen MR) is 133 cm³/mol. The van der Waals surface area contributed by atoms with E-state index < -0.39 is 9.84 Å². The zero-order chi connectivity index (χ0) is 23.1. The van der Waals surface area contributed by atoms with Gasteiger partial charge in [0.2, 0.25) is 5.91 Å². The van der Waals surface area contributed by atoms with E-state index in [2.05, 4.69) is 10.2 Å². The van der Waals surface area contributed by atoms with Crippen LogP contribution in [0.4, 0.5) is 0 Å². The Kier molecular flexibility index (Phi) is 10.3. The van der Waals surface area contributed by atoms with Crippen LogP contribution in [0.25, 0.3) is 0 Å². The minimum absolute atomic E-state index is 0. The Morgan fingerprint density at radius 1 is 1.15 bits per heavy atom. The molecule has 0 saturated carbocycles. The first kappa shape index (κ1) is 27.3. The van der Waals surface area contributed by atoms with E-state index in [1.807, 2.05) is 66.5 Å². The first-order valence-electron chi connectivity index (χ1n) is 10.9. The molecular weight excluding hydrogens is 462 g/mol. The van der Waals surface area contributed by atoms with Crippen molar-refractivity contribution in [3.8, 4) is 0 Å². The number of likely N-dealkylation sites (N-methyl/N-ethyl adjacent to an activating group) is 1. The quantitative estimate of drug-likeness (QED) is 0.524. The van der Waals surface area contributed by atoms with Gasteiger partial charge in [0.05, 0.1) is 24.4 Å². The van der Waals surface area contributed by atoms with Crippen LogP contribution in [0.1, 0.15) is 29.2 Å². The van der Waals surface area contributed by atoms with Crippen LogP contribution in [0.2, 0.25) is 0 Å². The second-order valence-electron chi connectivity index (χ2n) is 8.62. The van der Waals surface area contributed by atoms with Crippen molar-refractivity contribution in [3.63, 3.8) is 0 Å². The molecule has 33 heavy (non-hydrogen) atoms. The summed E-state index contributed by atoms with van der Waals surface area (Å²) in [5.41, 5.74) is 2.96. The van der Waals surface area contributed by atoms with E-state index >= 15 is 0 Å². The van der Waals surface area contributed by atoms with Crippen LogP contribution in [-0.2, 0) is 27.6 Å². The van der Waals surface area contributed by atoms with Crippen LogP contribution < -0.4 is 5.32 Å². The smallest absolute Gasteiger partial charge is 0.227 e. The summed E-state index contributed by atoms with van der Waals surface area (Å²) in [7, 11) is -1.21. The molecule has 2 aromatic rings. The zero-order valence-electron chi connectivity index (χ0n) is 19.2. The van der Waals surface area contributed by atoms with Crippen LogP contribution >= 0.6 is 12.4 Å². The number of likely N-dealkylation sites (tertiary alicyclic amines) is 1. The highest BCUT2D eigenvalue weighted by Crippen LogP contribution is 2.24. The van der Waals surface area contributed by atoms with Gasteiger partial charge in [0.1, 0.15) is 0 Å². The third-order valence-electron chi connectivity index (χ3n) is 5.80. The lowest BCUT2D eigenvalue weighted by atomic mass is 10.0. The number of halogens is 1. The number of amides is 1. The topological polar surface area (TPSA) is 90.0 Å². The number of β-amino-alcohol motifs (C(OH)–C–C–N with tert-alkyl or cyclic N) is 1. The molecule has 1 aliphatic heterocycles. The summed E-state index contributed by atoms with van der Waals surface area (Å²) in [5, 5.41) is 12.8. The summed E-state index contributed by atoms with van der Waals surface area (Å²) in [4.78, 5) is 17.1. The van der Waals surface area contributed by atoms with Gasteiger partial charge < -0.3 is 10.0 Å². The van der Waals surface area contributed by atoms with Gasteiger partial charge in [-0.2, -0.15) is 0 Å². The molecule has 1 fully saturated rings. The van der Waals surface area contributed by atoms with Crippen molar-refractivity contribution in [1.29, 1.82) is 0 Å². The molecule has 2 atom stereocenters. The largest absolute Gasteiger partial charge is 0.392 e. The summed E-state index contributed by atoms with van der Waals surface area (Å²) in [6, 6.07) is 17.6. The summed E-state index contributed by atoms with van der Waals surface area (Å²) >= 11 is 0. The molecule has 0 aliphatic carbocycles. The lowest BCUT2D eigenvalue weighted by Crippen LogP contribution is -2.39. The summed E-state index contributed by atoms with van der Waals surface area (Å²) in [6.45, 7) is 2.62. The molecule has 2 unspecified atom stereocenters. The van der Waals surface area contributed by atoms with Crippen molar-refractivity contribution in [2.45, 2.75) is 31.5 Å². The van der Waals surface area contributed by atoms with E-state index in [9.17, 15) is 18.3 Å². The molecular formula is C24H34ClN3O4S. The van der Waals surface area contributed by atoms with Crippen molar-refractivity contribution < 1.29 is 18.3 Å². The molecule has 182 valence electrons. The highest BCUT2D eigenvalue weighted by Gasteiger charge is 2.28. The van der Waals surface area contributed by atoms with Gasteiger partial charge in [-0.05, 0) is 23.1 Å². The fourth-order valence-corrected chi connectivity index (χ4v) is 4.45. The Morgan fingerprint density at radius 2 is 1.79 bits per heavy atom. The molecule has 3 rings (SSSR count). The van der Waals surface area contributed by atoms with E-state index in [1.165, 1.54) is 6.26 Å². The Morgan fingerprint density at radius 3 is 2.36 bits per heavy atom. The van der Waals surface area contributed by atoms with Crippen LogP contribution in [0.15, 0.2) is 54.6 Å². The van der Waals surface area contributed by atoms with Crippen molar-refractivity contribution in [2.75, 3.05) is 38.8 Å². The number of aliphatic hydroxyl groups excluding tert-OH is 1. The van der Waals surface area contributed by atoms with Crippen LogP contribution in [0.5, 0.6) is 0 Å². The Labute approximate surface area is 203 Å². The average molecular weight is 496 g/mol. The highest BCUT2D eigenvalue weighted by molar-refractivity contribution is 7.90. The van der Waals surface area contributed by atoms with Gasteiger partial charge in [0, 0.05) is 39.5 Å². The first-order valence-corrected chi connectivity index (χ1v) is 12.9. The molecule has 2 N–H and O–H groups in total. The Hall–Kier alpha value is -1.97. The van der Waals surface area contributed by atoms with Crippen LogP contribution in [0, 0.1) is 0 Å². The molecule has 0 spiro atoms. The molecule has 9 heteroatoms. The molecule has 1 heterocycles. The minimum atomic E-state index is -3.05. The van der Waals surface area contributed by atoms with E-state index in [1.54, 1.807) is 0 Å². The molecule has 0 bridgehead atoms. The van der Waals surface area contributed by atoms with Gasteiger partial charge >= 0.3 is 0 Å². The third-order valence-corrected chi connectivity index (χ3v) is 6.52. The first-order chi connectivity index (χ1) is 15.2. The van der Waals surface area contributed by atoms with Gasteiger partial charge in [-0.25, -0.2) is 8.42 Å². The SMILES string of the molecule is CN(C(=O)Cc1ccc(CNCS(C)(=O)=O)cc1)C(CN1CCC(O)C1)c1ccccc1.Cl. The van der Waals surface area contributed by atoms with Crippen molar-refractivity contribution in [1.82, 2.24) is 15.1 Å². The molecule has 0 radical (unpaired) electrons. The third kappa shape index (κ3) is 8.72. The van der Waals surface area contributed by atoms with Gasteiger partial charge in [-0.1, -0.05) is 54.6 Å². The van der Waals surface area contributed by atoms with Gasteiger partial charge in [0.25, 0.3) is 0 Å². The van der Waals surface area contributed by atoms with E-state index in [-0.39, 0.29) is 36.3 Å². The lowest BCUT2D eigenvalue weighted by molar-refractivity contribution is -0.131. The van der Waals surface area contributed by atoms with Gasteiger partial charge in [0.15, 0.2) is 9.84 Å². The molecule has 2 aromatic carbocycles. The summed E-state index contributed by atoms with van der Waals surface area (Å²) in [5.74, 6) is -0.0333. The maximum absolute atomic E-state index is 13.1. The Balaban J connectivity index is 0.00000385. The number of hydrogen-bond acceptors (Lipinski definition) is 6. The number of carbonyl (C=O) groups is 1. The number of nitrogens with zero attached hydrogens (tertiary/aromatic N) is 2. The van der Waals surface area contributed by atoms with E-state index in [0.717, 1.165) is 29.7 Å². The number of hydrogen-bond donors (Lipinski definition) is 2. The number of sulfone groups is 1. The van der Waals surface area contributed by atoms with Crippen LogP contribution in [-0.4, -0.2) is 74.1 Å². The molecule has 0 aromatic heterocycles. The molecule has 1 saturated heterocycles. The van der Waals surface area contributed by atoms with Crippen molar-refractivity contribution in [2.24, 2.45) is 0 Å². The predicted octanol–water partition coefficient (Wildman–Crippen LogP) is 2.01. The van der Waals surface area contributed by atoms with Crippen molar-refractivity contribution in [3.05, 3.63) is 71.3 Å². The van der Waals surface area contributed by atoms with Crippen LogP contribution in [0.3, 0.4) is 0 Å². The number of carbonyl (C=O) groups excluding carboxylic acids is 1. The fraction of sp³-hybridized carbons (Fsp3) is 0.458.